The van der Waals surface area contributed by atoms with Crippen molar-refractivity contribution in [2.24, 2.45) is 0 Å². The van der Waals surface area contributed by atoms with E-state index in [-0.39, 0.29) is 25.6 Å². The van der Waals surface area contributed by atoms with Crippen LogP contribution < -0.4 is 0 Å². The molecule has 0 spiro atoms. The van der Waals surface area contributed by atoms with Crippen molar-refractivity contribution in [1.29, 1.82) is 0 Å². The minimum absolute atomic E-state index is 0. The molecule has 9 heavy (non-hydrogen) atoms. The van der Waals surface area contributed by atoms with Crippen LogP contribution in [0.2, 0.25) is 0 Å². The van der Waals surface area contributed by atoms with Crippen LogP contribution in [-0.2, 0) is 22.8 Å². The summed E-state index contributed by atoms with van der Waals surface area (Å²) in [5.74, 6) is 0. The van der Waals surface area contributed by atoms with Gasteiger partial charge in [0.15, 0.2) is 0 Å². The Hall–Kier alpha value is 0.233. The topological polar surface area (TPSA) is 0 Å². The van der Waals surface area contributed by atoms with Crippen LogP contribution in [0.5, 0.6) is 0 Å². The fraction of sp³-hybridized carbons (Fsp3) is 0.375. The molecule has 1 aliphatic rings. The third-order valence-corrected chi connectivity index (χ3v) is 4.11. The zero-order valence-corrected chi connectivity index (χ0v) is 8.40. The molecular weight excluding hydrogens is 187 g/mol. The molecule has 0 saturated heterocycles. The summed E-state index contributed by atoms with van der Waals surface area (Å²) in [6.45, 7) is 4.51. The molecule has 0 aromatic carbocycles. The number of allylic oxidation sites excluding steroid dienone is 4. The Morgan fingerprint density at radius 3 is 2.89 bits per heavy atom. The standard InChI is InChI=1S/C5H5.C3H6.Zr.2H/c1-2-4-5-3-1;1-3-2;;;/h1-3H,4H2;1-2H3;;;/q;;;2*-1. The van der Waals surface area contributed by atoms with Crippen molar-refractivity contribution in [3.05, 3.63) is 21.5 Å². The summed E-state index contributed by atoms with van der Waals surface area (Å²) in [5, 5.41) is 0. The van der Waals surface area contributed by atoms with E-state index in [0.717, 1.165) is 0 Å². The second kappa shape index (κ2) is 3.41. The Morgan fingerprint density at radius 2 is 2.44 bits per heavy atom. The molecule has 0 heterocycles. The fourth-order valence-corrected chi connectivity index (χ4v) is 3.42. The van der Waals surface area contributed by atoms with E-state index in [1.165, 1.54) is 6.42 Å². The van der Waals surface area contributed by atoms with E-state index >= 15 is 0 Å². The fourth-order valence-electron chi connectivity index (χ4n) is 0.861. The first-order chi connectivity index (χ1) is 4.29. The molecule has 0 radical (unpaired) electrons. The van der Waals surface area contributed by atoms with Gasteiger partial charge in [-0.05, 0) is 0 Å². The van der Waals surface area contributed by atoms with E-state index in [1.54, 1.807) is 6.49 Å². The Labute approximate surface area is 70.7 Å². The molecule has 1 rings (SSSR count). The minimum Gasteiger partial charge on any atom is -1.00 e. The average Bonchev–Trinajstić information content (AvgIpc) is 2.15. The zero-order chi connectivity index (χ0) is 6.69. The number of hydrogen-bond acceptors (Lipinski definition) is 0. The molecule has 0 aromatic rings. The first kappa shape index (κ1) is 7.34. The van der Waals surface area contributed by atoms with Crippen molar-refractivity contribution in [3.8, 4) is 0 Å². The van der Waals surface area contributed by atoms with Crippen molar-refractivity contribution in [2.45, 2.75) is 20.3 Å². The molecule has 0 unspecified atom stereocenters. The quantitative estimate of drug-likeness (QED) is 0.609. The van der Waals surface area contributed by atoms with Gasteiger partial charge in [0.25, 0.3) is 0 Å². The molecular formula is C8H13Zr-2. The van der Waals surface area contributed by atoms with E-state index in [0.29, 0.717) is 0 Å². The minimum atomic E-state index is -0.220. The molecule has 0 bridgehead atoms. The molecule has 0 fully saturated rings. The van der Waals surface area contributed by atoms with Gasteiger partial charge in [-0.15, -0.1) is 0 Å². The van der Waals surface area contributed by atoms with Crippen LogP contribution in [0.15, 0.2) is 21.5 Å². The van der Waals surface area contributed by atoms with Gasteiger partial charge < -0.3 is 2.85 Å². The number of rotatable bonds is 1. The Balaban J connectivity index is 0. The van der Waals surface area contributed by atoms with Crippen molar-refractivity contribution in [2.75, 3.05) is 0 Å². The summed E-state index contributed by atoms with van der Waals surface area (Å²) < 4.78 is 3.40. The molecule has 0 aromatic heterocycles. The van der Waals surface area contributed by atoms with Gasteiger partial charge in [-0.3, -0.25) is 0 Å². The molecule has 0 atom stereocenters. The van der Waals surface area contributed by atoms with Gasteiger partial charge in [0, 0.05) is 0 Å². The van der Waals surface area contributed by atoms with Crippen molar-refractivity contribution in [1.82, 2.24) is 0 Å². The van der Waals surface area contributed by atoms with E-state index in [4.69, 9.17) is 0 Å². The number of hydrogen-bond donors (Lipinski definition) is 0. The van der Waals surface area contributed by atoms with Crippen LogP contribution in [-0.4, -0.2) is 3.21 Å². The maximum Gasteiger partial charge on any atom is -1.00 e. The Kier molecular flexibility index (Phi) is 2.78. The SMILES string of the molecule is C[C](C)=[Zr][C]1=CC=CC1.[H-].[H-]. The maximum absolute atomic E-state index is 2.29. The molecule has 1 aliphatic carbocycles. The molecule has 0 nitrogen and oxygen atoms in total. The van der Waals surface area contributed by atoms with Crippen molar-refractivity contribution < 1.29 is 25.6 Å². The first-order valence-electron chi connectivity index (χ1n) is 3.22. The Bertz CT molecular complexity index is 188. The van der Waals surface area contributed by atoms with Crippen LogP contribution in [0, 0.1) is 0 Å². The van der Waals surface area contributed by atoms with E-state index < -0.39 is 0 Å². The van der Waals surface area contributed by atoms with Gasteiger partial charge >= 0.3 is 67.7 Å². The van der Waals surface area contributed by atoms with Crippen LogP contribution in [0.1, 0.15) is 23.1 Å². The summed E-state index contributed by atoms with van der Waals surface area (Å²) >= 11 is -0.220. The van der Waals surface area contributed by atoms with Gasteiger partial charge in [0.05, 0.1) is 0 Å². The summed E-state index contributed by atoms with van der Waals surface area (Å²) in [7, 11) is 0. The summed E-state index contributed by atoms with van der Waals surface area (Å²) in [6, 6.07) is 0. The van der Waals surface area contributed by atoms with Crippen LogP contribution in [0.4, 0.5) is 0 Å². The average molecular weight is 200 g/mol. The predicted molar refractivity (Wildman–Crippen MR) is 40.4 cm³/mol. The molecule has 51 valence electrons. The maximum atomic E-state index is 2.29. The summed E-state index contributed by atoms with van der Waals surface area (Å²) in [5.41, 5.74) is 0. The van der Waals surface area contributed by atoms with Gasteiger partial charge in [-0.1, -0.05) is 0 Å². The molecule has 0 saturated carbocycles. The second-order valence-corrected chi connectivity index (χ2v) is 7.10. The van der Waals surface area contributed by atoms with Gasteiger partial charge in [0.2, 0.25) is 0 Å². The Morgan fingerprint density at radius 1 is 1.67 bits per heavy atom. The zero-order valence-electron chi connectivity index (χ0n) is 7.94. The molecule has 0 amide bonds. The van der Waals surface area contributed by atoms with Gasteiger partial charge in [-0.25, -0.2) is 0 Å². The summed E-state index contributed by atoms with van der Waals surface area (Å²) in [6.07, 6.45) is 7.97. The largest absolute Gasteiger partial charge is 1.00 e. The predicted octanol–water partition coefficient (Wildman–Crippen LogP) is 2.35. The normalized spacial score (nSPS) is 15.1. The second-order valence-electron chi connectivity index (χ2n) is 2.45. The van der Waals surface area contributed by atoms with Gasteiger partial charge in [-0.2, -0.15) is 0 Å². The van der Waals surface area contributed by atoms with E-state index in [1.807, 2.05) is 0 Å². The van der Waals surface area contributed by atoms with Crippen LogP contribution in [0.3, 0.4) is 0 Å². The first-order valence-corrected chi connectivity index (χ1v) is 5.68. The van der Waals surface area contributed by atoms with Crippen molar-refractivity contribution >= 4 is 3.21 Å². The monoisotopic (exact) mass is 199 g/mol. The van der Waals surface area contributed by atoms with Crippen LogP contribution >= 0.6 is 0 Å². The van der Waals surface area contributed by atoms with E-state index in [9.17, 15) is 0 Å². The third-order valence-electron chi connectivity index (χ3n) is 1.18. The third kappa shape index (κ3) is 2.53. The smallest absolute Gasteiger partial charge is 1.00 e. The van der Waals surface area contributed by atoms with E-state index in [2.05, 4.69) is 32.1 Å². The van der Waals surface area contributed by atoms with Crippen LogP contribution in [0.25, 0.3) is 0 Å². The molecule has 0 aliphatic heterocycles. The summed E-state index contributed by atoms with van der Waals surface area (Å²) in [4.78, 5) is 0. The molecule has 0 N–H and O–H groups in total. The molecule has 1 heteroatoms. The van der Waals surface area contributed by atoms with Gasteiger partial charge in [0.1, 0.15) is 0 Å². The van der Waals surface area contributed by atoms with Crippen molar-refractivity contribution in [3.63, 3.8) is 0 Å².